The molecule has 1 aliphatic heterocycles. The van der Waals surface area contributed by atoms with Crippen LogP contribution in [0.2, 0.25) is 5.02 Å². The minimum atomic E-state index is -5.32. The maximum Gasteiger partial charge on any atom is 0.493 e. The predicted octanol–water partition coefficient (Wildman–Crippen LogP) is 2.44. The third-order valence-corrected chi connectivity index (χ3v) is 4.85. The van der Waals surface area contributed by atoms with Crippen LogP contribution in [0.15, 0.2) is 33.0 Å². The standard InChI is InChI=1S/C19H17ClF4N8O4/c20-12-7-11(1-2-13(12)21)28-16(32-35-17(33)19(22,23)24)15-14(30-36-31-15)8-26-18(27-9-25)29-10-3-5-34-6-4-10/h1-2,7,10H,3-6,8H2,(H,28,32)(H2,26,27,29). The fraction of sp³-hybridized carbons (Fsp3) is 0.368. The number of rotatable bonds is 6. The van der Waals surface area contributed by atoms with E-state index in [9.17, 15) is 22.4 Å². The highest BCUT2D eigenvalue weighted by atomic mass is 35.5. The maximum atomic E-state index is 13.5. The number of nitriles is 1. The number of carbonyl (C=O) groups is 1. The smallest absolute Gasteiger partial charge is 0.381 e. The van der Waals surface area contributed by atoms with Crippen molar-refractivity contribution in [2.45, 2.75) is 31.6 Å². The lowest BCUT2D eigenvalue weighted by molar-refractivity contribution is -0.199. The minimum Gasteiger partial charge on any atom is -0.381 e. The number of guanidine groups is 1. The molecule has 2 aromatic rings. The van der Waals surface area contributed by atoms with Crippen molar-refractivity contribution in [3.05, 3.63) is 40.4 Å². The maximum absolute atomic E-state index is 13.5. The van der Waals surface area contributed by atoms with E-state index in [1.54, 1.807) is 6.19 Å². The van der Waals surface area contributed by atoms with Gasteiger partial charge in [-0.1, -0.05) is 21.9 Å². The number of amidine groups is 1. The van der Waals surface area contributed by atoms with Gasteiger partial charge in [0.05, 0.1) is 11.6 Å². The number of ether oxygens (including phenoxy) is 1. The second kappa shape index (κ2) is 12.1. The highest BCUT2D eigenvalue weighted by molar-refractivity contribution is 6.31. The molecule has 3 rings (SSSR count). The molecule has 3 N–H and O–H groups in total. The van der Waals surface area contributed by atoms with Gasteiger partial charge in [-0.2, -0.15) is 18.4 Å². The predicted molar refractivity (Wildman–Crippen MR) is 115 cm³/mol. The zero-order valence-electron chi connectivity index (χ0n) is 18.1. The summed E-state index contributed by atoms with van der Waals surface area (Å²) in [5.41, 5.74) is -0.213. The highest BCUT2D eigenvalue weighted by Gasteiger charge is 2.42. The summed E-state index contributed by atoms with van der Waals surface area (Å²) >= 11 is 5.74. The molecule has 0 radical (unpaired) electrons. The Hall–Kier alpha value is -3.97. The number of benzene rings is 1. The Kier molecular flexibility index (Phi) is 8.97. The van der Waals surface area contributed by atoms with Crippen LogP contribution in [-0.4, -0.2) is 53.5 Å². The quantitative estimate of drug-likeness (QED) is 0.126. The Balaban J connectivity index is 1.81. The van der Waals surface area contributed by atoms with Gasteiger partial charge in [0.15, 0.2) is 5.69 Å². The zero-order valence-corrected chi connectivity index (χ0v) is 18.9. The lowest BCUT2D eigenvalue weighted by Crippen LogP contribution is -2.45. The van der Waals surface area contributed by atoms with Crippen LogP contribution in [0, 0.1) is 17.3 Å². The van der Waals surface area contributed by atoms with Crippen molar-refractivity contribution >= 4 is 35.1 Å². The Labute approximate surface area is 205 Å². The molecule has 36 heavy (non-hydrogen) atoms. The number of oxime groups is 1. The van der Waals surface area contributed by atoms with Crippen molar-refractivity contribution in [3.8, 4) is 6.19 Å². The van der Waals surface area contributed by atoms with E-state index in [-0.39, 0.29) is 40.6 Å². The molecule has 12 nitrogen and oxygen atoms in total. The second-order valence-corrected chi connectivity index (χ2v) is 7.48. The number of aromatic nitrogens is 2. The molecule has 192 valence electrons. The van der Waals surface area contributed by atoms with Crippen molar-refractivity contribution in [2.24, 2.45) is 10.1 Å². The summed E-state index contributed by atoms with van der Waals surface area (Å²) in [6.07, 6.45) is -2.33. The lowest BCUT2D eigenvalue weighted by Gasteiger charge is -2.24. The number of nitrogens with one attached hydrogen (secondary N) is 3. The highest BCUT2D eigenvalue weighted by Crippen LogP contribution is 2.21. The number of aliphatic imine (C=N–C) groups is 1. The van der Waals surface area contributed by atoms with Crippen LogP contribution in [0.25, 0.3) is 0 Å². The van der Waals surface area contributed by atoms with Crippen molar-refractivity contribution in [1.82, 2.24) is 20.9 Å². The van der Waals surface area contributed by atoms with E-state index in [2.05, 4.69) is 45.9 Å². The Morgan fingerprint density at radius 1 is 1.31 bits per heavy atom. The van der Waals surface area contributed by atoms with Gasteiger partial charge in [-0.3, -0.25) is 0 Å². The number of nitrogens with zero attached hydrogens (tertiary/aromatic N) is 5. The molecule has 1 aromatic heterocycles. The summed E-state index contributed by atoms with van der Waals surface area (Å²) in [6.45, 7) is 0.877. The van der Waals surface area contributed by atoms with Crippen LogP contribution in [-0.2, 0) is 20.9 Å². The molecular formula is C19H17ClF4N8O4. The van der Waals surface area contributed by atoms with Crippen molar-refractivity contribution in [2.75, 3.05) is 18.5 Å². The fourth-order valence-electron chi connectivity index (χ4n) is 2.85. The number of hydrogen-bond acceptors (Lipinski definition) is 9. The molecule has 2 heterocycles. The number of halogens is 5. The van der Waals surface area contributed by atoms with Gasteiger partial charge in [-0.25, -0.2) is 13.8 Å². The van der Waals surface area contributed by atoms with Crippen LogP contribution in [0.3, 0.4) is 0 Å². The molecule has 0 saturated carbocycles. The van der Waals surface area contributed by atoms with Gasteiger partial charge in [-0.05, 0) is 36.2 Å². The van der Waals surface area contributed by atoms with Crippen LogP contribution >= 0.6 is 11.6 Å². The summed E-state index contributed by atoms with van der Waals surface area (Å²) < 4.78 is 61.2. The molecule has 1 fully saturated rings. The third-order valence-electron chi connectivity index (χ3n) is 4.56. The number of hydrogen-bond donors (Lipinski definition) is 3. The summed E-state index contributed by atoms with van der Waals surface area (Å²) in [4.78, 5) is 18.8. The fourth-order valence-corrected chi connectivity index (χ4v) is 3.03. The normalized spacial score (nSPS) is 15.2. The molecule has 0 aliphatic carbocycles. The summed E-state index contributed by atoms with van der Waals surface area (Å²) in [5, 5.41) is 27.5. The number of carbonyl (C=O) groups excluding carboxylic acids is 1. The van der Waals surface area contributed by atoms with Gasteiger partial charge >= 0.3 is 12.1 Å². The summed E-state index contributed by atoms with van der Waals surface area (Å²) in [6, 6.07) is 3.28. The molecule has 1 saturated heterocycles. The first-order chi connectivity index (χ1) is 17.2. The topological polar surface area (TPSA) is 159 Å². The number of alkyl halides is 3. The van der Waals surface area contributed by atoms with Gasteiger partial charge in [0, 0.05) is 24.9 Å². The first-order valence-electron chi connectivity index (χ1n) is 10.1. The average Bonchev–Trinajstić information content (AvgIpc) is 3.31. The van der Waals surface area contributed by atoms with Gasteiger partial charge in [0.2, 0.25) is 18.0 Å². The number of anilines is 1. The Bertz CT molecular complexity index is 1170. The molecule has 0 spiro atoms. The van der Waals surface area contributed by atoms with E-state index in [4.69, 9.17) is 21.6 Å². The molecule has 0 atom stereocenters. The molecule has 0 amide bonds. The molecule has 1 aromatic carbocycles. The second-order valence-electron chi connectivity index (χ2n) is 7.07. The van der Waals surface area contributed by atoms with E-state index in [0.29, 0.717) is 26.1 Å². The van der Waals surface area contributed by atoms with Gasteiger partial charge in [0.25, 0.3) is 0 Å². The van der Waals surface area contributed by atoms with Crippen LogP contribution in [0.1, 0.15) is 24.2 Å². The van der Waals surface area contributed by atoms with Gasteiger partial charge in [0.1, 0.15) is 11.5 Å². The summed E-state index contributed by atoms with van der Waals surface area (Å²) in [7, 11) is 0. The van der Waals surface area contributed by atoms with E-state index in [1.807, 2.05) is 0 Å². The molecule has 1 aliphatic rings. The van der Waals surface area contributed by atoms with Crippen molar-refractivity contribution < 1.29 is 36.6 Å². The SMILES string of the molecule is N#C/N=C(\NCc1nonc1/C(=N/OC(=O)C(F)(F)F)Nc1ccc(F)c(Cl)c1)NC1CCOCC1. The van der Waals surface area contributed by atoms with Crippen LogP contribution < -0.4 is 16.0 Å². The Morgan fingerprint density at radius 3 is 2.72 bits per heavy atom. The van der Waals surface area contributed by atoms with Crippen molar-refractivity contribution in [3.63, 3.8) is 0 Å². The van der Waals surface area contributed by atoms with Crippen LogP contribution in [0.4, 0.5) is 23.2 Å². The molecule has 0 bridgehead atoms. The van der Waals surface area contributed by atoms with E-state index >= 15 is 0 Å². The minimum absolute atomic E-state index is 0.0166. The van der Waals surface area contributed by atoms with Gasteiger partial charge < -0.3 is 25.5 Å². The molecule has 17 heteroatoms. The van der Waals surface area contributed by atoms with Gasteiger partial charge in [-0.15, -0.1) is 4.99 Å². The van der Waals surface area contributed by atoms with E-state index in [0.717, 1.165) is 12.1 Å². The zero-order chi connectivity index (χ0) is 26.1. The summed E-state index contributed by atoms with van der Waals surface area (Å²) in [5.74, 6) is -3.79. The monoisotopic (exact) mass is 532 g/mol. The molecule has 0 unspecified atom stereocenters. The van der Waals surface area contributed by atoms with E-state index in [1.165, 1.54) is 6.07 Å². The Morgan fingerprint density at radius 2 is 2.06 bits per heavy atom. The lowest BCUT2D eigenvalue weighted by atomic mass is 10.1. The third kappa shape index (κ3) is 7.52. The first-order valence-corrected chi connectivity index (χ1v) is 10.5. The van der Waals surface area contributed by atoms with Crippen LogP contribution in [0.5, 0.6) is 0 Å². The van der Waals surface area contributed by atoms with Crippen molar-refractivity contribution in [1.29, 1.82) is 5.26 Å². The molecular weight excluding hydrogens is 516 g/mol. The average molecular weight is 533 g/mol. The first kappa shape index (κ1) is 26.6. The largest absolute Gasteiger partial charge is 0.493 e. The van der Waals surface area contributed by atoms with E-state index < -0.39 is 23.8 Å².